The number of nitrogens with one attached hydrogen (secondary N) is 1. The minimum atomic E-state index is -3.74. The van der Waals surface area contributed by atoms with Crippen molar-refractivity contribution in [2.75, 3.05) is 11.8 Å². The molecule has 1 aromatic carbocycles. The highest BCUT2D eigenvalue weighted by Crippen LogP contribution is 2.18. The second-order valence-electron chi connectivity index (χ2n) is 3.48. The number of rotatable bonds is 4. The quantitative estimate of drug-likeness (QED) is 0.873. The van der Waals surface area contributed by atoms with E-state index in [9.17, 15) is 8.42 Å². The van der Waals surface area contributed by atoms with Crippen LogP contribution >= 0.6 is 11.6 Å². The van der Waals surface area contributed by atoms with Gasteiger partial charge in [-0.15, -0.1) is 0 Å². The van der Waals surface area contributed by atoms with E-state index < -0.39 is 10.0 Å². The largest absolute Gasteiger partial charge is 0.481 e. The van der Waals surface area contributed by atoms with Crippen molar-refractivity contribution in [1.82, 2.24) is 9.97 Å². The highest BCUT2D eigenvalue weighted by molar-refractivity contribution is 7.92. The summed E-state index contributed by atoms with van der Waals surface area (Å²) in [7, 11) is -2.35. The van der Waals surface area contributed by atoms with Crippen LogP contribution in [0.1, 0.15) is 0 Å². The molecule has 0 aliphatic rings. The fourth-order valence-electron chi connectivity index (χ4n) is 1.33. The molecule has 0 unspecified atom stereocenters. The summed E-state index contributed by atoms with van der Waals surface area (Å²) in [5.74, 6) is 0.0268. The van der Waals surface area contributed by atoms with Crippen molar-refractivity contribution in [3.05, 3.63) is 41.6 Å². The molecule has 19 heavy (non-hydrogen) atoms. The maximum Gasteiger partial charge on any atom is 0.264 e. The first-order valence-electron chi connectivity index (χ1n) is 5.18. The van der Waals surface area contributed by atoms with Gasteiger partial charge >= 0.3 is 0 Å². The number of benzene rings is 1. The molecule has 0 saturated carbocycles. The summed E-state index contributed by atoms with van der Waals surface area (Å²) in [5.41, 5.74) is 0. The molecule has 1 aromatic heterocycles. The fraction of sp³-hybridized carbons (Fsp3) is 0.0909. The number of aromatic nitrogens is 2. The summed E-state index contributed by atoms with van der Waals surface area (Å²) in [6.45, 7) is 0. The third kappa shape index (κ3) is 3.33. The van der Waals surface area contributed by atoms with Gasteiger partial charge in [0.25, 0.3) is 10.0 Å². The van der Waals surface area contributed by atoms with Crippen LogP contribution in [0.2, 0.25) is 5.15 Å². The lowest BCUT2D eigenvalue weighted by Crippen LogP contribution is -2.15. The van der Waals surface area contributed by atoms with Crippen molar-refractivity contribution in [2.24, 2.45) is 0 Å². The minimum absolute atomic E-state index is 0.0811. The van der Waals surface area contributed by atoms with E-state index in [1.165, 1.54) is 25.3 Å². The van der Waals surface area contributed by atoms with Gasteiger partial charge in [-0.1, -0.05) is 29.8 Å². The van der Waals surface area contributed by atoms with Crippen LogP contribution in [0.15, 0.2) is 41.3 Å². The minimum Gasteiger partial charge on any atom is -0.481 e. The van der Waals surface area contributed by atoms with E-state index in [-0.39, 0.29) is 21.9 Å². The van der Waals surface area contributed by atoms with E-state index in [1.54, 1.807) is 18.2 Å². The molecule has 0 amide bonds. The molecule has 0 bridgehead atoms. The Labute approximate surface area is 115 Å². The molecule has 1 heterocycles. The van der Waals surface area contributed by atoms with Crippen LogP contribution in [0, 0.1) is 0 Å². The number of methoxy groups -OCH3 is 1. The molecule has 100 valence electrons. The van der Waals surface area contributed by atoms with E-state index in [4.69, 9.17) is 16.3 Å². The number of hydrogen-bond donors (Lipinski definition) is 1. The fourth-order valence-corrected chi connectivity index (χ4v) is 2.46. The topological polar surface area (TPSA) is 81.2 Å². The van der Waals surface area contributed by atoms with Crippen molar-refractivity contribution in [2.45, 2.75) is 4.90 Å². The number of hydrogen-bond acceptors (Lipinski definition) is 5. The predicted molar refractivity (Wildman–Crippen MR) is 70.8 cm³/mol. The van der Waals surface area contributed by atoms with Gasteiger partial charge in [-0.05, 0) is 12.1 Å². The van der Waals surface area contributed by atoms with Gasteiger partial charge in [0.2, 0.25) is 11.8 Å². The molecule has 0 aliphatic heterocycles. The average molecular weight is 300 g/mol. The Morgan fingerprint density at radius 2 is 1.89 bits per heavy atom. The highest BCUT2D eigenvalue weighted by atomic mass is 35.5. The summed E-state index contributed by atoms with van der Waals surface area (Å²) in [4.78, 5) is 7.74. The smallest absolute Gasteiger partial charge is 0.264 e. The van der Waals surface area contributed by atoms with Crippen LogP contribution in [-0.2, 0) is 10.0 Å². The van der Waals surface area contributed by atoms with E-state index in [0.717, 1.165) is 0 Å². The Bertz CT molecular complexity index is 677. The molecule has 0 spiro atoms. The molecular weight excluding hydrogens is 290 g/mol. The molecule has 1 N–H and O–H groups in total. The molecule has 8 heteroatoms. The van der Waals surface area contributed by atoms with E-state index in [2.05, 4.69) is 14.7 Å². The van der Waals surface area contributed by atoms with E-state index in [1.807, 2.05) is 0 Å². The lowest BCUT2D eigenvalue weighted by atomic mass is 10.4. The van der Waals surface area contributed by atoms with Gasteiger partial charge in [0, 0.05) is 6.07 Å². The van der Waals surface area contributed by atoms with Crippen LogP contribution in [0.4, 0.5) is 5.95 Å². The monoisotopic (exact) mass is 299 g/mol. The van der Waals surface area contributed by atoms with Crippen LogP contribution in [0.5, 0.6) is 5.88 Å². The van der Waals surface area contributed by atoms with Crippen molar-refractivity contribution in [1.29, 1.82) is 0 Å². The summed E-state index contributed by atoms with van der Waals surface area (Å²) in [6.07, 6.45) is 0. The Hall–Kier alpha value is -1.86. The molecule has 0 aliphatic carbocycles. The molecule has 0 fully saturated rings. The van der Waals surface area contributed by atoms with Crippen LogP contribution in [-0.4, -0.2) is 25.5 Å². The number of ether oxygens (including phenoxy) is 1. The summed E-state index contributed by atoms with van der Waals surface area (Å²) < 4.78 is 31.2. The summed E-state index contributed by atoms with van der Waals surface area (Å²) >= 11 is 5.74. The number of anilines is 1. The molecule has 0 radical (unpaired) electrons. The standard InChI is InChI=1S/C11H10ClN3O3S/c1-18-10-7-9(12)13-11(14-10)15-19(16,17)8-5-3-2-4-6-8/h2-7H,1H3,(H,13,14,15). The van der Waals surface area contributed by atoms with Crippen molar-refractivity contribution >= 4 is 27.6 Å². The van der Waals surface area contributed by atoms with Crippen LogP contribution < -0.4 is 9.46 Å². The van der Waals surface area contributed by atoms with Crippen LogP contribution in [0.25, 0.3) is 0 Å². The first-order chi connectivity index (χ1) is 9.01. The maximum atomic E-state index is 12.0. The predicted octanol–water partition coefficient (Wildman–Crippen LogP) is 1.94. The Morgan fingerprint density at radius 3 is 2.53 bits per heavy atom. The van der Waals surface area contributed by atoms with Gasteiger partial charge in [-0.25, -0.2) is 18.1 Å². The first-order valence-corrected chi connectivity index (χ1v) is 7.04. The second-order valence-corrected chi connectivity index (χ2v) is 5.54. The highest BCUT2D eigenvalue weighted by Gasteiger charge is 2.16. The lowest BCUT2D eigenvalue weighted by molar-refractivity contribution is 0.397. The maximum absolute atomic E-state index is 12.0. The Kier molecular flexibility index (Phi) is 3.87. The van der Waals surface area contributed by atoms with Crippen molar-refractivity contribution in [3.63, 3.8) is 0 Å². The number of halogens is 1. The van der Waals surface area contributed by atoms with Crippen molar-refractivity contribution < 1.29 is 13.2 Å². The van der Waals surface area contributed by atoms with Gasteiger partial charge in [0.1, 0.15) is 5.15 Å². The molecule has 6 nitrogen and oxygen atoms in total. The van der Waals surface area contributed by atoms with Crippen LogP contribution in [0.3, 0.4) is 0 Å². The van der Waals surface area contributed by atoms with E-state index in [0.29, 0.717) is 0 Å². The molecule has 2 rings (SSSR count). The molecule has 2 aromatic rings. The van der Waals surface area contributed by atoms with Gasteiger partial charge < -0.3 is 4.74 Å². The number of sulfonamides is 1. The van der Waals surface area contributed by atoms with Crippen molar-refractivity contribution in [3.8, 4) is 5.88 Å². The molecule has 0 atom stereocenters. The zero-order chi connectivity index (χ0) is 13.9. The summed E-state index contributed by atoms with van der Waals surface area (Å²) in [6, 6.07) is 9.26. The first kappa shape index (κ1) is 13.6. The third-order valence-corrected chi connectivity index (χ3v) is 3.70. The zero-order valence-corrected chi connectivity index (χ0v) is 11.4. The summed E-state index contributed by atoms with van der Waals surface area (Å²) in [5, 5.41) is 0.0811. The van der Waals surface area contributed by atoms with Gasteiger partial charge in [0.15, 0.2) is 0 Å². The van der Waals surface area contributed by atoms with Gasteiger partial charge in [0.05, 0.1) is 12.0 Å². The number of nitrogens with zero attached hydrogens (tertiary/aromatic N) is 2. The van der Waals surface area contributed by atoms with Gasteiger partial charge in [-0.3, -0.25) is 0 Å². The molecule has 0 saturated heterocycles. The lowest BCUT2D eigenvalue weighted by Gasteiger charge is -2.07. The SMILES string of the molecule is COc1cc(Cl)nc(NS(=O)(=O)c2ccccc2)n1. The Balaban J connectivity index is 2.33. The van der Waals surface area contributed by atoms with E-state index >= 15 is 0 Å². The Morgan fingerprint density at radius 1 is 1.21 bits per heavy atom. The normalized spacial score (nSPS) is 11.1. The zero-order valence-electron chi connectivity index (χ0n) is 9.87. The average Bonchev–Trinajstić information content (AvgIpc) is 2.38. The molecular formula is C11H10ClN3O3S. The third-order valence-electron chi connectivity index (χ3n) is 2.16. The van der Waals surface area contributed by atoms with Gasteiger partial charge in [-0.2, -0.15) is 4.98 Å². The second kappa shape index (κ2) is 5.41.